The third kappa shape index (κ3) is 2.83. The lowest BCUT2D eigenvalue weighted by molar-refractivity contribution is -0.0115. The maximum atomic E-state index is 12.0. The smallest absolute Gasteiger partial charge is 0.338 e. The first-order valence-corrected chi connectivity index (χ1v) is 5.67. The Labute approximate surface area is 107 Å². The molecular formula is C10H17N3O6. The second-order valence-electron chi connectivity index (χ2n) is 4.43. The summed E-state index contributed by atoms with van der Waals surface area (Å²) < 4.78 is 1.77. The van der Waals surface area contributed by atoms with Crippen molar-refractivity contribution >= 4 is 0 Å². The van der Waals surface area contributed by atoms with Gasteiger partial charge < -0.3 is 15.3 Å². The molecule has 0 aliphatic carbocycles. The average molecular weight is 275 g/mol. The van der Waals surface area contributed by atoms with Gasteiger partial charge in [0.25, 0.3) is 0 Å². The second kappa shape index (κ2) is 5.51. The first kappa shape index (κ1) is 15.3. The van der Waals surface area contributed by atoms with E-state index in [9.17, 15) is 19.5 Å². The molecule has 9 heteroatoms. The number of aromatic nitrogens is 3. The van der Waals surface area contributed by atoms with Gasteiger partial charge >= 0.3 is 17.1 Å². The molecule has 0 unspecified atom stereocenters. The van der Waals surface area contributed by atoms with E-state index in [0.29, 0.717) is 13.7 Å². The van der Waals surface area contributed by atoms with Crippen LogP contribution < -0.4 is 17.1 Å². The van der Waals surface area contributed by atoms with Gasteiger partial charge in [0, 0.05) is 0 Å². The van der Waals surface area contributed by atoms with Crippen LogP contribution in [0.1, 0.15) is 13.8 Å². The molecule has 9 nitrogen and oxygen atoms in total. The van der Waals surface area contributed by atoms with E-state index in [0.717, 1.165) is 0 Å². The first-order chi connectivity index (χ1) is 8.75. The molecule has 0 bridgehead atoms. The summed E-state index contributed by atoms with van der Waals surface area (Å²) in [5.41, 5.74) is -4.76. The molecule has 1 rings (SSSR count). The van der Waals surface area contributed by atoms with E-state index in [1.807, 2.05) is 0 Å². The second-order valence-corrected chi connectivity index (χ2v) is 4.43. The van der Waals surface area contributed by atoms with Crippen LogP contribution in [0, 0.1) is 0 Å². The number of aliphatic hydroxyl groups is 3. The van der Waals surface area contributed by atoms with E-state index >= 15 is 0 Å². The van der Waals surface area contributed by atoms with Crippen molar-refractivity contribution in [3.8, 4) is 0 Å². The average Bonchev–Trinajstić information content (AvgIpc) is 2.28. The van der Waals surface area contributed by atoms with Crippen LogP contribution >= 0.6 is 0 Å². The van der Waals surface area contributed by atoms with Crippen molar-refractivity contribution in [3.63, 3.8) is 0 Å². The molecule has 0 aliphatic heterocycles. The molecule has 1 aromatic heterocycles. The molecule has 0 fully saturated rings. The molecule has 0 aliphatic rings. The highest BCUT2D eigenvalue weighted by Gasteiger charge is 2.25. The van der Waals surface area contributed by atoms with Crippen molar-refractivity contribution in [1.82, 2.24) is 13.7 Å². The Kier molecular flexibility index (Phi) is 4.45. The van der Waals surface area contributed by atoms with Gasteiger partial charge in [0.2, 0.25) is 0 Å². The summed E-state index contributed by atoms with van der Waals surface area (Å²) in [4.78, 5) is 35.8. The van der Waals surface area contributed by atoms with Crippen molar-refractivity contribution in [2.75, 3.05) is 13.2 Å². The molecule has 0 aromatic carbocycles. The number of hydrogen-bond donors (Lipinski definition) is 3. The largest absolute Gasteiger partial charge is 0.395 e. The maximum Gasteiger partial charge on any atom is 0.338 e. The predicted molar refractivity (Wildman–Crippen MR) is 64.9 cm³/mol. The summed E-state index contributed by atoms with van der Waals surface area (Å²) in [6.45, 7) is 0.870. The Morgan fingerprint density at radius 3 is 1.53 bits per heavy atom. The summed E-state index contributed by atoms with van der Waals surface area (Å²) in [5.74, 6) is 0. The fraction of sp³-hybridized carbons (Fsp3) is 0.700. The van der Waals surface area contributed by atoms with Gasteiger partial charge in [0.05, 0.1) is 26.3 Å². The van der Waals surface area contributed by atoms with Gasteiger partial charge in [-0.15, -0.1) is 0 Å². The highest BCUT2D eigenvalue weighted by molar-refractivity contribution is 4.83. The first-order valence-electron chi connectivity index (χ1n) is 5.67. The van der Waals surface area contributed by atoms with Crippen molar-refractivity contribution in [2.45, 2.75) is 32.7 Å². The van der Waals surface area contributed by atoms with Crippen LogP contribution in [0.4, 0.5) is 0 Å². The normalized spacial score (nSPS) is 11.8. The number of nitrogens with zero attached hydrogens (tertiary/aromatic N) is 3. The van der Waals surface area contributed by atoms with Gasteiger partial charge in [0.1, 0.15) is 5.72 Å². The minimum Gasteiger partial charge on any atom is -0.395 e. The third-order valence-electron chi connectivity index (χ3n) is 2.50. The van der Waals surface area contributed by atoms with Crippen LogP contribution in [0.2, 0.25) is 0 Å². The van der Waals surface area contributed by atoms with Gasteiger partial charge in [-0.1, -0.05) is 0 Å². The maximum absolute atomic E-state index is 12.0. The number of hydrogen-bond acceptors (Lipinski definition) is 6. The summed E-state index contributed by atoms with van der Waals surface area (Å²) in [5, 5.41) is 27.5. The van der Waals surface area contributed by atoms with E-state index in [4.69, 9.17) is 10.2 Å². The van der Waals surface area contributed by atoms with E-state index in [2.05, 4.69) is 0 Å². The Morgan fingerprint density at radius 1 is 0.895 bits per heavy atom. The lowest BCUT2D eigenvalue weighted by Crippen LogP contribution is -2.59. The predicted octanol–water partition coefficient (Wildman–Crippen LogP) is -3.16. The van der Waals surface area contributed by atoms with Gasteiger partial charge in [-0.3, -0.25) is 0 Å². The fourth-order valence-corrected chi connectivity index (χ4v) is 1.68. The zero-order valence-electron chi connectivity index (χ0n) is 10.7. The molecular weight excluding hydrogens is 258 g/mol. The molecule has 108 valence electrons. The highest BCUT2D eigenvalue weighted by Crippen LogP contribution is 2.02. The molecule has 1 heterocycles. The van der Waals surface area contributed by atoms with Crippen LogP contribution in [0.5, 0.6) is 0 Å². The van der Waals surface area contributed by atoms with Crippen molar-refractivity contribution in [3.05, 3.63) is 31.5 Å². The van der Waals surface area contributed by atoms with Crippen LogP contribution in [0.25, 0.3) is 0 Å². The lowest BCUT2D eigenvalue weighted by Gasteiger charge is -2.22. The molecule has 0 amide bonds. The summed E-state index contributed by atoms with van der Waals surface area (Å²) in [6, 6.07) is 0. The molecule has 0 saturated carbocycles. The third-order valence-corrected chi connectivity index (χ3v) is 2.50. The Morgan fingerprint density at radius 2 is 1.26 bits per heavy atom. The zero-order chi connectivity index (χ0) is 14.8. The van der Waals surface area contributed by atoms with Crippen molar-refractivity contribution < 1.29 is 15.3 Å². The Bertz CT molecular complexity index is 574. The molecule has 19 heavy (non-hydrogen) atoms. The number of rotatable bonds is 5. The molecule has 0 spiro atoms. The fourth-order valence-electron chi connectivity index (χ4n) is 1.68. The summed E-state index contributed by atoms with van der Waals surface area (Å²) in [6.07, 6.45) is 0. The van der Waals surface area contributed by atoms with Gasteiger partial charge in [0.15, 0.2) is 0 Å². The minimum atomic E-state index is -1.81. The van der Waals surface area contributed by atoms with Crippen LogP contribution in [-0.2, 0) is 18.8 Å². The van der Waals surface area contributed by atoms with Crippen molar-refractivity contribution in [2.24, 2.45) is 0 Å². The molecule has 1 aromatic rings. The standard InChI is InChI=1S/C10H17N3O6/c1-10(2,19)13-8(17)11(3-5-14)7(16)12(4-6-15)9(13)18/h14-15,19H,3-6H2,1-2H3. The molecule has 0 radical (unpaired) electrons. The minimum absolute atomic E-state index is 0.306. The zero-order valence-corrected chi connectivity index (χ0v) is 10.7. The molecule has 3 N–H and O–H groups in total. The van der Waals surface area contributed by atoms with Crippen LogP contribution in [0.15, 0.2) is 14.4 Å². The highest BCUT2D eigenvalue weighted by atomic mass is 16.3. The van der Waals surface area contributed by atoms with Crippen molar-refractivity contribution in [1.29, 1.82) is 0 Å². The summed E-state index contributed by atoms with van der Waals surface area (Å²) in [7, 11) is 0. The molecule has 0 saturated heterocycles. The lowest BCUT2D eigenvalue weighted by atomic mass is 10.3. The monoisotopic (exact) mass is 275 g/mol. The topological polar surface area (TPSA) is 127 Å². The molecule has 0 atom stereocenters. The SMILES string of the molecule is CC(C)(O)n1c(=O)n(CCO)c(=O)n(CCO)c1=O. The van der Waals surface area contributed by atoms with E-state index < -0.39 is 36.0 Å². The summed E-state index contributed by atoms with van der Waals surface area (Å²) >= 11 is 0. The quantitative estimate of drug-likeness (QED) is 0.520. The Hall–Kier alpha value is -1.71. The Balaban J connectivity index is 3.80. The van der Waals surface area contributed by atoms with E-state index in [1.165, 1.54) is 13.8 Å². The van der Waals surface area contributed by atoms with Gasteiger partial charge in [-0.25, -0.2) is 28.1 Å². The van der Waals surface area contributed by atoms with Crippen LogP contribution in [0.3, 0.4) is 0 Å². The van der Waals surface area contributed by atoms with E-state index in [-0.39, 0.29) is 13.1 Å². The van der Waals surface area contributed by atoms with Crippen LogP contribution in [-0.4, -0.2) is 42.2 Å². The van der Waals surface area contributed by atoms with Gasteiger partial charge in [-0.05, 0) is 13.8 Å². The van der Waals surface area contributed by atoms with E-state index in [1.54, 1.807) is 0 Å². The number of aliphatic hydroxyl groups excluding tert-OH is 2. The van der Waals surface area contributed by atoms with Gasteiger partial charge in [-0.2, -0.15) is 0 Å².